The van der Waals surface area contributed by atoms with Gasteiger partial charge in [0.25, 0.3) is 0 Å². The monoisotopic (exact) mass is 185 g/mol. The van der Waals surface area contributed by atoms with Crippen molar-refractivity contribution in [2.75, 3.05) is 6.61 Å². The second-order valence-electron chi connectivity index (χ2n) is 3.99. The van der Waals surface area contributed by atoms with Crippen LogP contribution in [0.25, 0.3) is 0 Å². The van der Waals surface area contributed by atoms with Gasteiger partial charge in [-0.3, -0.25) is 4.79 Å². The molecule has 13 heavy (non-hydrogen) atoms. The number of aliphatic hydroxyl groups is 1. The molecule has 0 saturated heterocycles. The SMILES string of the molecule is NC(=O)CC1CCCCC1CCO. The van der Waals surface area contributed by atoms with E-state index in [0.717, 1.165) is 19.3 Å². The lowest BCUT2D eigenvalue weighted by Gasteiger charge is -2.30. The topological polar surface area (TPSA) is 63.3 Å². The molecule has 2 atom stereocenters. The first kappa shape index (κ1) is 10.5. The van der Waals surface area contributed by atoms with Gasteiger partial charge >= 0.3 is 0 Å². The third-order valence-electron chi connectivity index (χ3n) is 3.03. The van der Waals surface area contributed by atoms with Crippen molar-refractivity contribution in [3.63, 3.8) is 0 Å². The average molecular weight is 185 g/mol. The first-order chi connectivity index (χ1) is 6.24. The Bertz CT molecular complexity index is 168. The number of amides is 1. The van der Waals surface area contributed by atoms with E-state index in [4.69, 9.17) is 10.8 Å². The highest BCUT2D eigenvalue weighted by molar-refractivity contribution is 5.74. The minimum atomic E-state index is -0.199. The van der Waals surface area contributed by atoms with Crippen LogP contribution in [0.15, 0.2) is 0 Å². The Morgan fingerprint density at radius 1 is 1.31 bits per heavy atom. The molecule has 3 heteroatoms. The Balaban J connectivity index is 2.41. The summed E-state index contributed by atoms with van der Waals surface area (Å²) in [5.74, 6) is 0.750. The summed E-state index contributed by atoms with van der Waals surface area (Å²) in [7, 11) is 0. The summed E-state index contributed by atoms with van der Waals surface area (Å²) in [4.78, 5) is 10.8. The number of primary amides is 1. The fourth-order valence-corrected chi connectivity index (χ4v) is 2.36. The van der Waals surface area contributed by atoms with E-state index in [2.05, 4.69) is 0 Å². The van der Waals surface area contributed by atoms with E-state index in [1.165, 1.54) is 12.8 Å². The number of carbonyl (C=O) groups excluding carboxylic acids is 1. The maximum atomic E-state index is 10.8. The molecule has 0 aromatic rings. The van der Waals surface area contributed by atoms with Crippen LogP contribution >= 0.6 is 0 Å². The Kier molecular flexibility index (Phi) is 4.22. The minimum absolute atomic E-state index is 0.199. The van der Waals surface area contributed by atoms with Gasteiger partial charge in [-0.25, -0.2) is 0 Å². The number of rotatable bonds is 4. The molecule has 0 aliphatic heterocycles. The Morgan fingerprint density at radius 2 is 1.92 bits per heavy atom. The molecule has 0 bridgehead atoms. The van der Waals surface area contributed by atoms with Crippen LogP contribution in [0.3, 0.4) is 0 Å². The van der Waals surface area contributed by atoms with Gasteiger partial charge in [0.1, 0.15) is 0 Å². The Morgan fingerprint density at radius 3 is 2.46 bits per heavy atom. The molecule has 1 saturated carbocycles. The van der Waals surface area contributed by atoms with Crippen LogP contribution in [-0.4, -0.2) is 17.6 Å². The normalized spacial score (nSPS) is 28.7. The van der Waals surface area contributed by atoms with Crippen molar-refractivity contribution < 1.29 is 9.90 Å². The van der Waals surface area contributed by atoms with Crippen LogP contribution in [-0.2, 0) is 4.79 Å². The van der Waals surface area contributed by atoms with E-state index < -0.39 is 0 Å². The van der Waals surface area contributed by atoms with E-state index in [0.29, 0.717) is 18.3 Å². The van der Waals surface area contributed by atoms with Gasteiger partial charge in [0.05, 0.1) is 0 Å². The van der Waals surface area contributed by atoms with Crippen molar-refractivity contribution in [1.82, 2.24) is 0 Å². The van der Waals surface area contributed by atoms with Crippen LogP contribution in [0, 0.1) is 11.8 Å². The highest BCUT2D eigenvalue weighted by Gasteiger charge is 2.25. The maximum absolute atomic E-state index is 10.8. The van der Waals surface area contributed by atoms with Gasteiger partial charge in [0.2, 0.25) is 5.91 Å². The standard InChI is InChI=1S/C10H19NO2/c11-10(13)7-9-4-2-1-3-8(9)5-6-12/h8-9,12H,1-7H2,(H2,11,13). The summed E-state index contributed by atoms with van der Waals surface area (Å²) < 4.78 is 0. The molecule has 0 spiro atoms. The van der Waals surface area contributed by atoms with E-state index in [9.17, 15) is 4.79 Å². The molecule has 3 N–H and O–H groups in total. The van der Waals surface area contributed by atoms with Gasteiger partial charge in [0.15, 0.2) is 0 Å². The van der Waals surface area contributed by atoms with Crippen molar-refractivity contribution in [3.05, 3.63) is 0 Å². The molecule has 0 radical (unpaired) electrons. The summed E-state index contributed by atoms with van der Waals surface area (Å²) in [6.45, 7) is 0.236. The number of nitrogens with two attached hydrogens (primary N) is 1. The fourth-order valence-electron chi connectivity index (χ4n) is 2.36. The molecule has 1 rings (SSSR count). The zero-order valence-electron chi connectivity index (χ0n) is 8.04. The summed E-state index contributed by atoms with van der Waals surface area (Å²) in [5.41, 5.74) is 5.18. The summed E-state index contributed by atoms with van der Waals surface area (Å²) in [6.07, 6.45) is 6.04. The quantitative estimate of drug-likeness (QED) is 0.687. The van der Waals surface area contributed by atoms with E-state index in [-0.39, 0.29) is 12.5 Å². The van der Waals surface area contributed by atoms with Crippen molar-refractivity contribution >= 4 is 5.91 Å². The van der Waals surface area contributed by atoms with Gasteiger partial charge < -0.3 is 10.8 Å². The lowest BCUT2D eigenvalue weighted by Crippen LogP contribution is -2.26. The van der Waals surface area contributed by atoms with Crippen LogP contribution < -0.4 is 5.73 Å². The van der Waals surface area contributed by atoms with E-state index >= 15 is 0 Å². The molecule has 0 heterocycles. The van der Waals surface area contributed by atoms with Crippen LogP contribution in [0.1, 0.15) is 38.5 Å². The van der Waals surface area contributed by atoms with Gasteiger partial charge in [-0.15, -0.1) is 0 Å². The second kappa shape index (κ2) is 5.22. The first-order valence-electron chi connectivity index (χ1n) is 5.13. The Hall–Kier alpha value is -0.570. The third-order valence-corrected chi connectivity index (χ3v) is 3.03. The van der Waals surface area contributed by atoms with Gasteiger partial charge in [-0.1, -0.05) is 19.3 Å². The predicted molar refractivity (Wildman–Crippen MR) is 51.0 cm³/mol. The third kappa shape index (κ3) is 3.35. The predicted octanol–water partition coefficient (Wildman–Crippen LogP) is 1.05. The molecule has 0 aromatic carbocycles. The molecular weight excluding hydrogens is 166 g/mol. The average Bonchev–Trinajstić information content (AvgIpc) is 2.08. The minimum Gasteiger partial charge on any atom is -0.396 e. The zero-order valence-corrected chi connectivity index (χ0v) is 8.04. The molecule has 2 unspecified atom stereocenters. The van der Waals surface area contributed by atoms with Gasteiger partial charge in [-0.2, -0.15) is 0 Å². The largest absolute Gasteiger partial charge is 0.396 e. The molecular formula is C10H19NO2. The second-order valence-corrected chi connectivity index (χ2v) is 3.99. The van der Waals surface area contributed by atoms with Gasteiger partial charge in [0, 0.05) is 13.0 Å². The maximum Gasteiger partial charge on any atom is 0.217 e. The fraction of sp³-hybridized carbons (Fsp3) is 0.900. The van der Waals surface area contributed by atoms with E-state index in [1.54, 1.807) is 0 Å². The van der Waals surface area contributed by atoms with Crippen molar-refractivity contribution in [2.24, 2.45) is 17.6 Å². The number of hydrogen-bond acceptors (Lipinski definition) is 2. The van der Waals surface area contributed by atoms with Crippen molar-refractivity contribution in [3.8, 4) is 0 Å². The molecule has 1 aliphatic rings. The summed E-state index contributed by atoms with van der Waals surface area (Å²) >= 11 is 0. The van der Waals surface area contributed by atoms with Crippen molar-refractivity contribution in [2.45, 2.75) is 38.5 Å². The van der Waals surface area contributed by atoms with Crippen molar-refractivity contribution in [1.29, 1.82) is 0 Å². The van der Waals surface area contributed by atoms with Crippen LogP contribution in [0.4, 0.5) is 0 Å². The van der Waals surface area contributed by atoms with Crippen LogP contribution in [0.2, 0.25) is 0 Å². The number of carbonyl (C=O) groups is 1. The molecule has 1 amide bonds. The number of aliphatic hydroxyl groups excluding tert-OH is 1. The summed E-state index contributed by atoms with van der Waals surface area (Å²) in [5, 5.41) is 8.85. The molecule has 1 fully saturated rings. The smallest absolute Gasteiger partial charge is 0.217 e. The molecule has 1 aliphatic carbocycles. The van der Waals surface area contributed by atoms with Crippen LogP contribution in [0.5, 0.6) is 0 Å². The Labute approximate surface area is 79.3 Å². The lowest BCUT2D eigenvalue weighted by molar-refractivity contribution is -0.119. The molecule has 76 valence electrons. The lowest BCUT2D eigenvalue weighted by atomic mass is 9.76. The highest BCUT2D eigenvalue weighted by atomic mass is 16.3. The van der Waals surface area contributed by atoms with E-state index in [1.807, 2.05) is 0 Å². The summed E-state index contributed by atoms with van der Waals surface area (Å²) in [6, 6.07) is 0. The number of hydrogen-bond donors (Lipinski definition) is 2. The molecule has 3 nitrogen and oxygen atoms in total. The molecule has 0 aromatic heterocycles. The highest BCUT2D eigenvalue weighted by Crippen LogP contribution is 2.34. The van der Waals surface area contributed by atoms with Gasteiger partial charge in [-0.05, 0) is 24.7 Å². The zero-order chi connectivity index (χ0) is 9.68. The first-order valence-corrected chi connectivity index (χ1v) is 5.13.